The maximum Gasteiger partial charge on any atom is 0.302 e. The molecule has 0 bridgehead atoms. The quantitative estimate of drug-likeness (QED) is 0.362. The summed E-state index contributed by atoms with van der Waals surface area (Å²) in [4.78, 5) is 39.8. The molecule has 8 heteroatoms. The lowest BCUT2D eigenvalue weighted by molar-refractivity contribution is -0.196. The van der Waals surface area contributed by atoms with Crippen molar-refractivity contribution in [2.24, 2.45) is 17.3 Å². The number of methoxy groups -OCH3 is 1. The lowest BCUT2D eigenvalue weighted by Gasteiger charge is -2.57. The summed E-state index contributed by atoms with van der Waals surface area (Å²) < 4.78 is 24.2. The van der Waals surface area contributed by atoms with Gasteiger partial charge in [0.1, 0.15) is 11.7 Å². The summed E-state index contributed by atoms with van der Waals surface area (Å²) in [6.45, 7) is 14.7. The number of carbonyl (C=O) groups is 3. The standard InChI is InChI=1S/C31H44O8/c1-10-16(2)26(37-18(4)32)17(3)23-25(34)27-19(24(33)28(23)36-9)15-20-30(7)13-11-21(29(5,6)35)38-22(30)12-14-31(20,8)39-27/h15-17,21-22,26,35H,10-14H2,1-9H3. The zero-order chi connectivity index (χ0) is 29.1. The number of Topliss-reactive ketones (excluding diaryl/α,β-unsaturated/α-hetero) is 2. The van der Waals surface area contributed by atoms with Crippen molar-refractivity contribution in [1.82, 2.24) is 0 Å². The maximum absolute atomic E-state index is 14.1. The summed E-state index contributed by atoms with van der Waals surface area (Å²) in [7, 11) is 1.38. The van der Waals surface area contributed by atoms with E-state index in [4.69, 9.17) is 18.9 Å². The molecule has 2 aliphatic heterocycles. The van der Waals surface area contributed by atoms with Crippen molar-refractivity contribution >= 4 is 17.5 Å². The fraction of sp³-hybridized carbons (Fsp3) is 0.710. The van der Waals surface area contributed by atoms with Crippen LogP contribution in [0.3, 0.4) is 0 Å². The molecule has 1 N–H and O–H groups in total. The average molecular weight is 545 g/mol. The van der Waals surface area contributed by atoms with E-state index in [-0.39, 0.29) is 40.8 Å². The Labute approximate surface area is 231 Å². The van der Waals surface area contributed by atoms with Crippen LogP contribution in [-0.4, -0.2) is 59.3 Å². The van der Waals surface area contributed by atoms with Gasteiger partial charge in [0, 0.05) is 18.3 Å². The van der Waals surface area contributed by atoms with E-state index in [1.54, 1.807) is 20.8 Å². The van der Waals surface area contributed by atoms with Gasteiger partial charge in [-0.15, -0.1) is 0 Å². The molecule has 0 aromatic rings. The number of rotatable bonds is 7. The van der Waals surface area contributed by atoms with E-state index >= 15 is 0 Å². The summed E-state index contributed by atoms with van der Waals surface area (Å²) in [5.41, 5.74) is -0.842. The third-order valence-electron chi connectivity index (χ3n) is 9.49. The second-order valence-electron chi connectivity index (χ2n) is 12.7. The maximum atomic E-state index is 14.1. The zero-order valence-electron chi connectivity index (χ0n) is 24.8. The van der Waals surface area contributed by atoms with E-state index in [9.17, 15) is 19.5 Å². The number of allylic oxidation sites excluding steroid dienone is 3. The molecule has 39 heavy (non-hydrogen) atoms. The Balaban J connectivity index is 1.75. The molecule has 0 amide bonds. The SMILES string of the molecule is CCC(C)C(OC(C)=O)C(C)C1=C(OC)C(=O)C2=C(OC3(C)CCC4OC(C(C)(C)O)CCC4(C)C3=C2)C1=O. The predicted octanol–water partition coefficient (Wildman–Crippen LogP) is 4.74. The first-order valence-electron chi connectivity index (χ1n) is 14.2. The molecule has 0 radical (unpaired) electrons. The summed E-state index contributed by atoms with van der Waals surface area (Å²) in [6, 6.07) is 0. The van der Waals surface area contributed by atoms with Gasteiger partial charge >= 0.3 is 5.97 Å². The Hall–Kier alpha value is -2.45. The van der Waals surface area contributed by atoms with E-state index in [1.165, 1.54) is 14.0 Å². The highest BCUT2D eigenvalue weighted by Gasteiger charge is 2.58. The number of fused-ring (bicyclic) bond motifs is 3. The smallest absolute Gasteiger partial charge is 0.302 e. The van der Waals surface area contributed by atoms with Crippen molar-refractivity contribution in [2.75, 3.05) is 7.11 Å². The molecule has 216 valence electrons. The van der Waals surface area contributed by atoms with Gasteiger partial charge in [0.25, 0.3) is 0 Å². The van der Waals surface area contributed by atoms with Gasteiger partial charge in [-0.25, -0.2) is 0 Å². The predicted molar refractivity (Wildman–Crippen MR) is 144 cm³/mol. The van der Waals surface area contributed by atoms with Crippen LogP contribution in [0.2, 0.25) is 0 Å². The number of ketones is 2. The van der Waals surface area contributed by atoms with Crippen LogP contribution in [0, 0.1) is 17.3 Å². The molecule has 1 saturated carbocycles. The highest BCUT2D eigenvalue weighted by Crippen LogP contribution is 2.57. The molecule has 2 aliphatic carbocycles. The minimum absolute atomic E-state index is 0.0322. The number of hydrogen-bond acceptors (Lipinski definition) is 8. The molecule has 7 atom stereocenters. The second kappa shape index (κ2) is 10.2. The van der Waals surface area contributed by atoms with E-state index in [1.807, 2.05) is 26.8 Å². The minimum Gasteiger partial charge on any atom is -0.492 e. The van der Waals surface area contributed by atoms with E-state index in [2.05, 4.69) is 6.92 Å². The van der Waals surface area contributed by atoms with Crippen LogP contribution in [-0.2, 0) is 33.3 Å². The zero-order valence-corrected chi connectivity index (χ0v) is 24.8. The topological polar surface area (TPSA) is 108 Å². The Morgan fingerprint density at radius 1 is 1.18 bits per heavy atom. The van der Waals surface area contributed by atoms with Crippen LogP contribution in [0.15, 0.2) is 34.3 Å². The van der Waals surface area contributed by atoms with E-state index < -0.39 is 46.2 Å². The van der Waals surface area contributed by atoms with Crippen molar-refractivity contribution in [3.8, 4) is 0 Å². The number of ether oxygens (including phenoxy) is 4. The fourth-order valence-electron chi connectivity index (χ4n) is 7.00. The number of carbonyl (C=O) groups excluding carboxylic acids is 3. The van der Waals surface area contributed by atoms with Crippen molar-refractivity contribution in [3.05, 3.63) is 34.3 Å². The number of aliphatic hydroxyl groups is 1. The molecule has 1 saturated heterocycles. The number of esters is 1. The van der Waals surface area contributed by atoms with Crippen LogP contribution in [0.4, 0.5) is 0 Å². The van der Waals surface area contributed by atoms with Crippen molar-refractivity contribution in [2.45, 2.75) is 117 Å². The molecule has 4 aliphatic rings. The molecule has 0 aromatic carbocycles. The largest absolute Gasteiger partial charge is 0.492 e. The summed E-state index contributed by atoms with van der Waals surface area (Å²) in [5, 5.41) is 10.6. The van der Waals surface area contributed by atoms with Crippen molar-refractivity contribution in [3.63, 3.8) is 0 Å². The van der Waals surface area contributed by atoms with Gasteiger partial charge in [0.15, 0.2) is 11.5 Å². The van der Waals surface area contributed by atoms with Crippen LogP contribution < -0.4 is 0 Å². The third kappa shape index (κ3) is 4.88. The van der Waals surface area contributed by atoms with E-state index in [0.717, 1.165) is 18.4 Å². The molecule has 0 spiro atoms. The lowest BCUT2D eigenvalue weighted by atomic mass is 9.58. The van der Waals surface area contributed by atoms with Crippen molar-refractivity contribution in [1.29, 1.82) is 0 Å². The summed E-state index contributed by atoms with van der Waals surface area (Å²) in [6.07, 6.45) is 4.26. The molecule has 8 nitrogen and oxygen atoms in total. The van der Waals surface area contributed by atoms with Gasteiger partial charge in [0.05, 0.1) is 36.1 Å². The Morgan fingerprint density at radius 2 is 1.85 bits per heavy atom. The van der Waals surface area contributed by atoms with Crippen LogP contribution >= 0.6 is 0 Å². The fourth-order valence-corrected chi connectivity index (χ4v) is 7.00. The van der Waals surface area contributed by atoms with Gasteiger partial charge in [-0.3, -0.25) is 14.4 Å². The molecule has 2 heterocycles. The highest BCUT2D eigenvalue weighted by molar-refractivity contribution is 6.25. The minimum atomic E-state index is -0.953. The summed E-state index contributed by atoms with van der Waals surface area (Å²) >= 11 is 0. The Morgan fingerprint density at radius 3 is 2.41 bits per heavy atom. The Bertz CT molecular complexity index is 1150. The van der Waals surface area contributed by atoms with E-state index in [0.29, 0.717) is 19.3 Å². The normalized spacial score (nSPS) is 33.2. The van der Waals surface area contributed by atoms with Crippen LogP contribution in [0.25, 0.3) is 0 Å². The molecule has 2 fully saturated rings. The second-order valence-corrected chi connectivity index (χ2v) is 12.7. The molecular weight excluding hydrogens is 500 g/mol. The first-order valence-corrected chi connectivity index (χ1v) is 14.2. The summed E-state index contributed by atoms with van der Waals surface area (Å²) in [5.74, 6) is -1.88. The molecule has 7 unspecified atom stereocenters. The van der Waals surface area contributed by atoms with Gasteiger partial charge in [0.2, 0.25) is 11.6 Å². The first kappa shape index (κ1) is 29.5. The first-order chi connectivity index (χ1) is 18.1. The molecular formula is C31H44O8. The molecule has 0 aromatic heterocycles. The van der Waals surface area contributed by atoms with Crippen molar-refractivity contribution < 1.29 is 38.4 Å². The van der Waals surface area contributed by atoms with Gasteiger partial charge < -0.3 is 24.1 Å². The molecule has 4 rings (SSSR count). The van der Waals surface area contributed by atoms with Gasteiger partial charge in [-0.2, -0.15) is 0 Å². The van der Waals surface area contributed by atoms with Gasteiger partial charge in [-0.05, 0) is 64.0 Å². The highest BCUT2D eigenvalue weighted by atomic mass is 16.5. The Kier molecular flexibility index (Phi) is 7.71. The lowest BCUT2D eigenvalue weighted by Crippen LogP contribution is -2.58. The monoisotopic (exact) mass is 544 g/mol. The number of hydrogen-bond donors (Lipinski definition) is 1. The average Bonchev–Trinajstić information content (AvgIpc) is 2.86. The van der Waals surface area contributed by atoms with Gasteiger partial charge in [-0.1, -0.05) is 34.1 Å². The van der Waals surface area contributed by atoms with Crippen LogP contribution in [0.5, 0.6) is 0 Å². The third-order valence-corrected chi connectivity index (χ3v) is 9.49. The van der Waals surface area contributed by atoms with Crippen LogP contribution in [0.1, 0.15) is 87.5 Å².